The fraction of sp³-hybridized carbons (Fsp3) is 0.294. The molecule has 0 fully saturated rings. The predicted molar refractivity (Wildman–Crippen MR) is 85.0 cm³/mol. The molecule has 2 N–H and O–H groups in total. The minimum absolute atomic E-state index is 0.00528. The number of carbonyl (C=O) groups is 1. The zero-order chi connectivity index (χ0) is 15.4. The van der Waals surface area contributed by atoms with Gasteiger partial charge >= 0.3 is 0 Å². The van der Waals surface area contributed by atoms with Crippen LogP contribution in [0.3, 0.4) is 0 Å². The van der Waals surface area contributed by atoms with Crippen molar-refractivity contribution in [2.75, 3.05) is 13.6 Å². The maximum absolute atomic E-state index is 12.4. The van der Waals surface area contributed by atoms with E-state index in [1.165, 1.54) is 0 Å². The number of nitrogens with two attached hydrogens (primary N) is 1. The first-order valence-electron chi connectivity index (χ1n) is 7.05. The van der Waals surface area contributed by atoms with E-state index < -0.39 is 0 Å². The number of aryl methyl sites for hydroxylation is 1. The van der Waals surface area contributed by atoms with Crippen molar-refractivity contribution in [1.29, 1.82) is 0 Å². The first-order chi connectivity index (χ1) is 10.0. The molecule has 1 aromatic heterocycles. The van der Waals surface area contributed by atoms with Gasteiger partial charge in [0, 0.05) is 25.2 Å². The molecule has 2 rings (SSSR count). The van der Waals surface area contributed by atoms with E-state index in [2.05, 4.69) is 4.98 Å². The van der Waals surface area contributed by atoms with E-state index >= 15 is 0 Å². The highest BCUT2D eigenvalue weighted by atomic mass is 16.2. The van der Waals surface area contributed by atoms with Gasteiger partial charge in [-0.3, -0.25) is 9.78 Å². The Morgan fingerprint density at radius 1 is 1.24 bits per heavy atom. The molecular weight excluding hydrogens is 262 g/mol. The Bertz CT molecular complexity index is 625. The number of hydrogen-bond donors (Lipinski definition) is 1. The Hall–Kier alpha value is -2.20. The smallest absolute Gasteiger partial charge is 0.255 e. The average molecular weight is 283 g/mol. The van der Waals surface area contributed by atoms with E-state index in [1.807, 2.05) is 56.3 Å². The van der Waals surface area contributed by atoms with Crippen molar-refractivity contribution in [1.82, 2.24) is 9.88 Å². The van der Waals surface area contributed by atoms with Crippen molar-refractivity contribution < 1.29 is 4.79 Å². The lowest BCUT2D eigenvalue weighted by atomic mass is 10.1. The molecule has 1 heterocycles. The quantitative estimate of drug-likeness (QED) is 0.937. The molecule has 4 nitrogen and oxygen atoms in total. The van der Waals surface area contributed by atoms with Crippen molar-refractivity contribution in [3.63, 3.8) is 0 Å². The second kappa shape index (κ2) is 6.50. The number of amides is 1. The lowest BCUT2D eigenvalue weighted by Gasteiger charge is -2.24. The zero-order valence-corrected chi connectivity index (χ0v) is 12.7. The van der Waals surface area contributed by atoms with Crippen LogP contribution in [0.25, 0.3) is 11.3 Å². The number of pyridine rings is 1. The van der Waals surface area contributed by atoms with Crippen LogP contribution in [0.1, 0.15) is 23.0 Å². The molecule has 0 saturated carbocycles. The fourth-order valence-corrected chi connectivity index (χ4v) is 2.11. The summed E-state index contributed by atoms with van der Waals surface area (Å²) in [4.78, 5) is 18.7. The van der Waals surface area contributed by atoms with Gasteiger partial charge in [0.05, 0.1) is 17.0 Å². The van der Waals surface area contributed by atoms with Crippen LogP contribution in [-0.4, -0.2) is 35.4 Å². The number of carbonyl (C=O) groups excluding carboxylic acids is 1. The fourth-order valence-electron chi connectivity index (χ4n) is 2.11. The van der Waals surface area contributed by atoms with E-state index in [0.717, 1.165) is 17.0 Å². The molecule has 0 spiro atoms. The molecule has 2 aromatic rings. The number of likely N-dealkylation sites (N-methyl/N-ethyl adjacent to an activating group) is 1. The van der Waals surface area contributed by atoms with Gasteiger partial charge in [0.1, 0.15) is 0 Å². The van der Waals surface area contributed by atoms with Crippen LogP contribution in [-0.2, 0) is 0 Å². The second-order valence-electron chi connectivity index (χ2n) is 5.20. The summed E-state index contributed by atoms with van der Waals surface area (Å²) in [5.41, 5.74) is 8.89. The lowest BCUT2D eigenvalue weighted by Crippen LogP contribution is -2.40. The van der Waals surface area contributed by atoms with Gasteiger partial charge in [-0.1, -0.05) is 30.3 Å². The maximum Gasteiger partial charge on any atom is 0.255 e. The Morgan fingerprint density at radius 3 is 2.48 bits per heavy atom. The highest BCUT2D eigenvalue weighted by Gasteiger charge is 2.19. The third-order valence-corrected chi connectivity index (χ3v) is 3.71. The SMILES string of the molecule is Cc1nc(-c2ccccc2)ccc1C(=O)N(C)C(C)CN. The normalized spacial score (nSPS) is 12.0. The molecule has 1 aromatic carbocycles. The Kier molecular flexibility index (Phi) is 4.70. The van der Waals surface area contributed by atoms with E-state index in [1.54, 1.807) is 11.9 Å². The molecule has 0 aliphatic heterocycles. The molecule has 1 amide bonds. The Balaban J connectivity index is 2.30. The summed E-state index contributed by atoms with van der Waals surface area (Å²) in [6.07, 6.45) is 0. The molecule has 110 valence electrons. The van der Waals surface area contributed by atoms with Gasteiger partial charge in [0.2, 0.25) is 0 Å². The third kappa shape index (κ3) is 3.28. The summed E-state index contributed by atoms with van der Waals surface area (Å²) in [6, 6.07) is 13.7. The second-order valence-corrected chi connectivity index (χ2v) is 5.20. The lowest BCUT2D eigenvalue weighted by molar-refractivity contribution is 0.0747. The first-order valence-corrected chi connectivity index (χ1v) is 7.05. The third-order valence-electron chi connectivity index (χ3n) is 3.71. The summed E-state index contributed by atoms with van der Waals surface area (Å²) in [7, 11) is 1.77. The number of rotatable bonds is 4. The number of aromatic nitrogens is 1. The Labute approximate surface area is 125 Å². The molecule has 1 atom stereocenters. The molecule has 21 heavy (non-hydrogen) atoms. The molecular formula is C17H21N3O. The minimum atomic E-state index is -0.0439. The molecule has 0 aliphatic rings. The largest absolute Gasteiger partial charge is 0.338 e. The van der Waals surface area contributed by atoms with Crippen LogP contribution >= 0.6 is 0 Å². The zero-order valence-electron chi connectivity index (χ0n) is 12.7. The van der Waals surface area contributed by atoms with E-state index in [4.69, 9.17) is 5.73 Å². The number of hydrogen-bond acceptors (Lipinski definition) is 3. The predicted octanol–water partition coefficient (Wildman–Crippen LogP) is 2.48. The summed E-state index contributed by atoms with van der Waals surface area (Å²) < 4.78 is 0. The summed E-state index contributed by atoms with van der Waals surface area (Å²) in [5, 5.41) is 0. The average Bonchev–Trinajstić information content (AvgIpc) is 2.53. The monoisotopic (exact) mass is 283 g/mol. The molecule has 0 radical (unpaired) electrons. The van der Waals surface area contributed by atoms with Gasteiger partial charge in [0.15, 0.2) is 0 Å². The first kappa shape index (κ1) is 15.2. The molecule has 1 unspecified atom stereocenters. The van der Waals surface area contributed by atoms with Gasteiger partial charge in [0.25, 0.3) is 5.91 Å². The summed E-state index contributed by atoms with van der Waals surface area (Å²) >= 11 is 0. The van der Waals surface area contributed by atoms with Gasteiger partial charge in [-0.25, -0.2) is 0 Å². The molecule has 0 bridgehead atoms. The van der Waals surface area contributed by atoms with Crippen LogP contribution in [0.5, 0.6) is 0 Å². The van der Waals surface area contributed by atoms with Gasteiger partial charge in [-0.05, 0) is 26.0 Å². The molecule has 0 saturated heterocycles. The summed E-state index contributed by atoms with van der Waals surface area (Å²) in [6.45, 7) is 4.23. The summed E-state index contributed by atoms with van der Waals surface area (Å²) in [5.74, 6) is -0.0439. The molecule has 4 heteroatoms. The van der Waals surface area contributed by atoms with Crippen molar-refractivity contribution in [3.8, 4) is 11.3 Å². The van der Waals surface area contributed by atoms with E-state index in [0.29, 0.717) is 12.1 Å². The van der Waals surface area contributed by atoms with Crippen LogP contribution in [0.2, 0.25) is 0 Å². The highest BCUT2D eigenvalue weighted by Crippen LogP contribution is 2.19. The van der Waals surface area contributed by atoms with E-state index in [9.17, 15) is 4.79 Å². The van der Waals surface area contributed by atoms with Gasteiger partial charge < -0.3 is 10.6 Å². The number of nitrogens with zero attached hydrogens (tertiary/aromatic N) is 2. The van der Waals surface area contributed by atoms with Crippen LogP contribution in [0.15, 0.2) is 42.5 Å². The highest BCUT2D eigenvalue weighted by molar-refractivity contribution is 5.95. The Morgan fingerprint density at radius 2 is 1.90 bits per heavy atom. The number of benzene rings is 1. The van der Waals surface area contributed by atoms with Crippen molar-refractivity contribution in [3.05, 3.63) is 53.7 Å². The minimum Gasteiger partial charge on any atom is -0.338 e. The molecule has 0 aliphatic carbocycles. The van der Waals surface area contributed by atoms with Crippen LogP contribution in [0.4, 0.5) is 0 Å². The van der Waals surface area contributed by atoms with Crippen LogP contribution < -0.4 is 5.73 Å². The maximum atomic E-state index is 12.4. The van der Waals surface area contributed by atoms with Gasteiger partial charge in [-0.2, -0.15) is 0 Å². The standard InChI is InChI=1S/C17H21N3O/c1-12(11-18)20(3)17(21)15-9-10-16(19-13(15)2)14-7-5-4-6-8-14/h4-10,12H,11,18H2,1-3H3. The topological polar surface area (TPSA) is 59.2 Å². The van der Waals surface area contributed by atoms with E-state index in [-0.39, 0.29) is 11.9 Å². The van der Waals surface area contributed by atoms with Crippen molar-refractivity contribution in [2.45, 2.75) is 19.9 Å². The van der Waals surface area contributed by atoms with Crippen molar-refractivity contribution >= 4 is 5.91 Å². The van der Waals surface area contributed by atoms with Gasteiger partial charge in [-0.15, -0.1) is 0 Å². The van der Waals surface area contributed by atoms with Crippen molar-refractivity contribution in [2.24, 2.45) is 5.73 Å². The van der Waals surface area contributed by atoms with Crippen LogP contribution in [0, 0.1) is 6.92 Å².